The number of hydrogen-bond donors (Lipinski definition) is 0. The van der Waals surface area contributed by atoms with Gasteiger partial charge < -0.3 is 0 Å². The van der Waals surface area contributed by atoms with Crippen LogP contribution in [0, 0.1) is 12.7 Å². The molecule has 0 aliphatic heterocycles. The van der Waals surface area contributed by atoms with Crippen molar-refractivity contribution in [2.45, 2.75) is 6.92 Å². The topological polar surface area (TPSA) is 42.9 Å². The van der Waals surface area contributed by atoms with Crippen LogP contribution in [0.15, 0.2) is 30.5 Å². The fourth-order valence-electron chi connectivity index (χ4n) is 1.31. The Hall–Kier alpha value is -2.10. The average molecular weight is 216 g/mol. The van der Waals surface area contributed by atoms with Crippen molar-refractivity contribution in [2.75, 3.05) is 0 Å². The fourth-order valence-corrected chi connectivity index (χ4v) is 1.31. The lowest BCUT2D eigenvalue weighted by molar-refractivity contribution is 0.111. The summed E-state index contributed by atoms with van der Waals surface area (Å²) in [6, 6.07) is 5.82. The van der Waals surface area contributed by atoms with Crippen molar-refractivity contribution in [3.8, 4) is 11.4 Å². The first-order valence-corrected chi connectivity index (χ1v) is 4.75. The summed E-state index contributed by atoms with van der Waals surface area (Å²) >= 11 is 0. The van der Waals surface area contributed by atoms with E-state index >= 15 is 0 Å². The van der Waals surface area contributed by atoms with Crippen LogP contribution in [0.5, 0.6) is 0 Å². The smallest absolute Gasteiger partial charge is 0.168 e. The maximum absolute atomic E-state index is 12.7. The first-order chi connectivity index (χ1) is 7.70. The zero-order valence-electron chi connectivity index (χ0n) is 8.64. The van der Waals surface area contributed by atoms with Crippen molar-refractivity contribution in [2.24, 2.45) is 0 Å². The summed E-state index contributed by atoms with van der Waals surface area (Å²) in [5.74, 6) is 0.110. The van der Waals surface area contributed by atoms with Gasteiger partial charge in [0.1, 0.15) is 11.5 Å². The van der Waals surface area contributed by atoms with E-state index in [2.05, 4.69) is 9.97 Å². The van der Waals surface area contributed by atoms with E-state index in [0.717, 1.165) is 5.56 Å². The Kier molecular flexibility index (Phi) is 2.72. The van der Waals surface area contributed by atoms with Crippen LogP contribution in [0.1, 0.15) is 16.1 Å². The highest BCUT2D eigenvalue weighted by molar-refractivity contribution is 5.75. The van der Waals surface area contributed by atoms with Crippen LogP contribution >= 0.6 is 0 Å². The maximum atomic E-state index is 12.7. The molecule has 2 aromatic rings. The number of benzene rings is 1. The van der Waals surface area contributed by atoms with Crippen LogP contribution in [0.3, 0.4) is 0 Å². The van der Waals surface area contributed by atoms with Crippen molar-refractivity contribution in [3.63, 3.8) is 0 Å². The van der Waals surface area contributed by atoms with Gasteiger partial charge in [-0.25, -0.2) is 14.4 Å². The van der Waals surface area contributed by atoms with E-state index in [1.165, 1.54) is 12.1 Å². The fraction of sp³-hybridized carbons (Fsp3) is 0.0833. The van der Waals surface area contributed by atoms with E-state index < -0.39 is 0 Å². The van der Waals surface area contributed by atoms with Crippen molar-refractivity contribution in [1.82, 2.24) is 9.97 Å². The molecule has 1 aromatic carbocycles. The third kappa shape index (κ3) is 1.95. The molecule has 3 nitrogen and oxygen atoms in total. The lowest BCUT2D eigenvalue weighted by Gasteiger charge is -2.02. The minimum Gasteiger partial charge on any atom is -0.296 e. The molecule has 80 valence electrons. The zero-order valence-corrected chi connectivity index (χ0v) is 8.64. The van der Waals surface area contributed by atoms with E-state index in [4.69, 9.17) is 0 Å². The Morgan fingerprint density at radius 2 is 1.94 bits per heavy atom. The molecule has 2 rings (SSSR count). The van der Waals surface area contributed by atoms with Crippen molar-refractivity contribution < 1.29 is 9.18 Å². The molecule has 0 saturated heterocycles. The van der Waals surface area contributed by atoms with Gasteiger partial charge in [-0.1, -0.05) is 0 Å². The second-order valence-corrected chi connectivity index (χ2v) is 3.39. The lowest BCUT2D eigenvalue weighted by atomic mass is 10.2. The molecule has 0 spiro atoms. The molecule has 1 heterocycles. The Morgan fingerprint density at radius 1 is 1.25 bits per heavy atom. The highest BCUT2D eigenvalue weighted by Crippen LogP contribution is 2.15. The molecule has 0 unspecified atom stereocenters. The van der Waals surface area contributed by atoms with Gasteiger partial charge in [-0.2, -0.15) is 0 Å². The second-order valence-electron chi connectivity index (χ2n) is 3.39. The SMILES string of the molecule is Cc1cnc(-c2ccc(F)cc2)nc1C=O. The molecule has 0 aliphatic carbocycles. The summed E-state index contributed by atoms with van der Waals surface area (Å²) in [4.78, 5) is 18.9. The largest absolute Gasteiger partial charge is 0.296 e. The molecule has 0 amide bonds. The molecule has 0 aliphatic rings. The molecule has 0 atom stereocenters. The molecular formula is C12H9FN2O. The molecular weight excluding hydrogens is 207 g/mol. The zero-order chi connectivity index (χ0) is 11.5. The molecule has 0 saturated carbocycles. The van der Waals surface area contributed by atoms with E-state index in [1.54, 1.807) is 25.3 Å². The first-order valence-electron chi connectivity index (χ1n) is 4.75. The standard InChI is InChI=1S/C12H9FN2O/c1-8-6-14-12(15-11(8)7-16)9-2-4-10(13)5-3-9/h2-7H,1H3. The number of rotatable bonds is 2. The van der Waals surface area contributed by atoms with Gasteiger partial charge in [0.05, 0.1) is 0 Å². The summed E-state index contributed by atoms with van der Waals surface area (Å²) < 4.78 is 12.7. The van der Waals surface area contributed by atoms with Crippen LogP contribution in [0.4, 0.5) is 4.39 Å². The Morgan fingerprint density at radius 3 is 2.56 bits per heavy atom. The Labute approximate surface area is 92.0 Å². The predicted molar refractivity (Wildman–Crippen MR) is 57.6 cm³/mol. The van der Waals surface area contributed by atoms with Crippen molar-refractivity contribution in [3.05, 3.63) is 47.5 Å². The average Bonchev–Trinajstić information content (AvgIpc) is 2.31. The van der Waals surface area contributed by atoms with Gasteiger partial charge in [-0.05, 0) is 36.8 Å². The van der Waals surface area contributed by atoms with Crippen LogP contribution < -0.4 is 0 Å². The third-order valence-electron chi connectivity index (χ3n) is 2.22. The first kappa shape index (κ1) is 10.4. The number of hydrogen-bond acceptors (Lipinski definition) is 3. The number of aldehydes is 1. The summed E-state index contributed by atoms with van der Waals surface area (Å²) in [6.07, 6.45) is 2.26. The van der Waals surface area contributed by atoms with Crippen LogP contribution in [-0.4, -0.2) is 16.3 Å². The van der Waals surface area contributed by atoms with Crippen molar-refractivity contribution in [1.29, 1.82) is 0 Å². The van der Waals surface area contributed by atoms with Gasteiger partial charge in [-0.3, -0.25) is 4.79 Å². The van der Waals surface area contributed by atoms with E-state index in [-0.39, 0.29) is 5.82 Å². The summed E-state index contributed by atoms with van der Waals surface area (Å²) in [7, 11) is 0. The van der Waals surface area contributed by atoms with Crippen LogP contribution in [0.2, 0.25) is 0 Å². The molecule has 0 N–H and O–H groups in total. The van der Waals surface area contributed by atoms with E-state index in [0.29, 0.717) is 23.4 Å². The molecule has 16 heavy (non-hydrogen) atoms. The number of aryl methyl sites for hydroxylation is 1. The quantitative estimate of drug-likeness (QED) is 0.724. The van der Waals surface area contributed by atoms with Gasteiger partial charge in [0.25, 0.3) is 0 Å². The minimum absolute atomic E-state index is 0.313. The second kappa shape index (κ2) is 4.18. The number of carbonyl (C=O) groups excluding carboxylic acids is 1. The van der Waals surface area contributed by atoms with E-state index in [9.17, 15) is 9.18 Å². The van der Waals surface area contributed by atoms with E-state index in [1.807, 2.05) is 0 Å². The number of halogens is 1. The van der Waals surface area contributed by atoms with Gasteiger partial charge in [0.15, 0.2) is 12.1 Å². The monoisotopic (exact) mass is 216 g/mol. The Bertz CT molecular complexity index is 523. The minimum atomic E-state index is -0.313. The Balaban J connectivity index is 2.48. The highest BCUT2D eigenvalue weighted by Gasteiger charge is 2.05. The molecule has 0 bridgehead atoms. The highest BCUT2D eigenvalue weighted by atomic mass is 19.1. The normalized spacial score (nSPS) is 10.1. The number of nitrogens with zero attached hydrogens (tertiary/aromatic N) is 2. The van der Waals surface area contributed by atoms with Gasteiger partial charge in [-0.15, -0.1) is 0 Å². The lowest BCUT2D eigenvalue weighted by Crippen LogP contribution is -1.97. The van der Waals surface area contributed by atoms with Crippen LogP contribution in [0.25, 0.3) is 11.4 Å². The number of carbonyl (C=O) groups is 1. The van der Waals surface area contributed by atoms with Crippen molar-refractivity contribution >= 4 is 6.29 Å². The van der Waals surface area contributed by atoms with Crippen LogP contribution in [-0.2, 0) is 0 Å². The molecule has 0 radical (unpaired) electrons. The van der Waals surface area contributed by atoms with Gasteiger partial charge >= 0.3 is 0 Å². The third-order valence-corrected chi connectivity index (χ3v) is 2.22. The maximum Gasteiger partial charge on any atom is 0.168 e. The summed E-state index contributed by atoms with van der Waals surface area (Å²) in [5.41, 5.74) is 1.76. The predicted octanol–water partition coefficient (Wildman–Crippen LogP) is 2.40. The molecule has 0 fully saturated rings. The number of aromatic nitrogens is 2. The summed E-state index contributed by atoms with van der Waals surface area (Å²) in [5, 5.41) is 0. The van der Waals surface area contributed by atoms with Gasteiger partial charge in [0.2, 0.25) is 0 Å². The molecule has 4 heteroatoms. The van der Waals surface area contributed by atoms with Gasteiger partial charge in [0, 0.05) is 11.8 Å². The summed E-state index contributed by atoms with van der Waals surface area (Å²) in [6.45, 7) is 1.76. The molecule has 1 aromatic heterocycles.